The standard InChI is InChI=1S/C30H32N4O2S/c1-17-30(37-18(2)32-17)25-14-11-22-24(33-25)13-12-23(28(22)31)29-27(20-7-5-4-6-8-20)21-10-9-19(16-36-35-3)15-26(21)34-29/h9-15,20,34H,4-8,16,31H2,1-3H3. The van der Waals surface area contributed by atoms with E-state index in [2.05, 4.69) is 52.4 Å². The van der Waals surface area contributed by atoms with Crippen molar-refractivity contribution in [1.29, 1.82) is 0 Å². The van der Waals surface area contributed by atoms with Crippen LogP contribution in [0.5, 0.6) is 0 Å². The number of H-pyrrole nitrogens is 1. The Balaban J connectivity index is 1.48. The number of nitrogens with zero attached hydrogens (tertiary/aromatic N) is 2. The Bertz CT molecular complexity index is 1600. The molecule has 0 atom stereocenters. The predicted octanol–water partition coefficient (Wildman–Crippen LogP) is 7.83. The monoisotopic (exact) mass is 512 g/mol. The van der Waals surface area contributed by atoms with Crippen molar-refractivity contribution in [3.05, 3.63) is 64.3 Å². The van der Waals surface area contributed by atoms with Gasteiger partial charge in [0, 0.05) is 21.9 Å². The third kappa shape index (κ3) is 4.41. The van der Waals surface area contributed by atoms with Gasteiger partial charge >= 0.3 is 0 Å². The number of aromatic nitrogens is 3. The third-order valence-corrected chi connectivity index (χ3v) is 8.67. The summed E-state index contributed by atoms with van der Waals surface area (Å²) in [4.78, 5) is 24.4. The Morgan fingerprint density at radius 1 is 1.00 bits per heavy atom. The van der Waals surface area contributed by atoms with E-state index in [1.165, 1.54) is 50.2 Å². The molecule has 0 unspecified atom stereocenters. The molecular weight excluding hydrogens is 480 g/mol. The van der Waals surface area contributed by atoms with Crippen molar-refractivity contribution < 1.29 is 9.78 Å². The fourth-order valence-corrected chi connectivity index (χ4v) is 6.74. The van der Waals surface area contributed by atoms with Gasteiger partial charge in [-0.2, -0.15) is 0 Å². The van der Waals surface area contributed by atoms with Crippen molar-refractivity contribution in [2.45, 2.75) is 58.5 Å². The summed E-state index contributed by atoms with van der Waals surface area (Å²) >= 11 is 1.68. The number of nitrogen functional groups attached to an aromatic ring is 1. The molecule has 3 N–H and O–H groups in total. The summed E-state index contributed by atoms with van der Waals surface area (Å²) in [6.07, 6.45) is 6.28. The summed E-state index contributed by atoms with van der Waals surface area (Å²) in [7, 11) is 1.53. The molecule has 0 bridgehead atoms. The van der Waals surface area contributed by atoms with Crippen LogP contribution in [0.4, 0.5) is 5.69 Å². The summed E-state index contributed by atoms with van der Waals surface area (Å²) in [6.45, 7) is 4.48. The number of fused-ring (bicyclic) bond motifs is 2. The molecule has 0 aliphatic heterocycles. The molecule has 0 radical (unpaired) electrons. The van der Waals surface area contributed by atoms with Crippen molar-refractivity contribution in [2.24, 2.45) is 0 Å². The minimum atomic E-state index is 0.407. The number of anilines is 1. The number of nitrogens with one attached hydrogen (secondary N) is 1. The van der Waals surface area contributed by atoms with E-state index in [0.717, 1.165) is 60.2 Å². The molecule has 1 saturated carbocycles. The van der Waals surface area contributed by atoms with Gasteiger partial charge in [0.2, 0.25) is 0 Å². The van der Waals surface area contributed by atoms with Crippen molar-refractivity contribution in [3.8, 4) is 21.8 Å². The first kappa shape index (κ1) is 24.1. The van der Waals surface area contributed by atoms with Crippen LogP contribution < -0.4 is 5.73 Å². The van der Waals surface area contributed by atoms with Crippen molar-refractivity contribution in [1.82, 2.24) is 15.0 Å². The van der Waals surface area contributed by atoms with E-state index in [1.54, 1.807) is 11.3 Å². The van der Waals surface area contributed by atoms with Crippen molar-refractivity contribution >= 4 is 38.8 Å². The van der Waals surface area contributed by atoms with Gasteiger partial charge in [0.15, 0.2) is 0 Å². The fourth-order valence-electron chi connectivity index (χ4n) is 5.85. The molecule has 6 rings (SSSR count). The average Bonchev–Trinajstić information content (AvgIpc) is 3.46. The topological polar surface area (TPSA) is 86.1 Å². The molecular formula is C30H32N4O2S. The SMILES string of the molecule is COOCc1ccc2c(C3CCCCC3)c(-c3ccc4nc(-c5sc(C)nc5C)ccc4c3N)[nH]c2c1. The molecule has 0 saturated heterocycles. The van der Waals surface area contributed by atoms with Crippen LogP contribution in [-0.2, 0) is 16.4 Å². The summed E-state index contributed by atoms with van der Waals surface area (Å²) in [5.41, 5.74) is 16.2. The molecule has 1 aliphatic rings. The summed E-state index contributed by atoms with van der Waals surface area (Å²) in [5, 5.41) is 3.30. The Morgan fingerprint density at radius 3 is 2.57 bits per heavy atom. The van der Waals surface area contributed by atoms with Gasteiger partial charge in [0.05, 0.1) is 45.3 Å². The normalized spacial score (nSPS) is 14.7. The Kier molecular flexibility index (Phi) is 6.44. The molecule has 1 fully saturated rings. The lowest BCUT2D eigenvalue weighted by atomic mass is 9.81. The Morgan fingerprint density at radius 2 is 1.81 bits per heavy atom. The minimum Gasteiger partial charge on any atom is -0.398 e. The van der Waals surface area contributed by atoms with Gasteiger partial charge in [-0.05, 0) is 74.1 Å². The van der Waals surface area contributed by atoms with Crippen LogP contribution >= 0.6 is 11.3 Å². The fraction of sp³-hybridized carbons (Fsp3) is 0.333. The number of benzene rings is 2. The number of pyridine rings is 1. The highest BCUT2D eigenvalue weighted by molar-refractivity contribution is 7.15. The smallest absolute Gasteiger partial charge is 0.107 e. The first-order valence-electron chi connectivity index (χ1n) is 13.0. The molecule has 5 aromatic rings. The number of aryl methyl sites for hydroxylation is 2. The van der Waals surface area contributed by atoms with Gasteiger partial charge in [-0.3, -0.25) is 0 Å². The van der Waals surface area contributed by atoms with E-state index in [0.29, 0.717) is 12.5 Å². The molecule has 7 heteroatoms. The minimum absolute atomic E-state index is 0.407. The number of nitrogens with two attached hydrogens (primary N) is 1. The van der Waals surface area contributed by atoms with Crippen molar-refractivity contribution in [3.63, 3.8) is 0 Å². The first-order chi connectivity index (χ1) is 18.0. The zero-order chi connectivity index (χ0) is 25.5. The number of aromatic amines is 1. The van der Waals surface area contributed by atoms with Gasteiger partial charge in [0.1, 0.15) is 6.61 Å². The summed E-state index contributed by atoms with van der Waals surface area (Å²) in [6, 6.07) is 14.9. The first-order valence-corrected chi connectivity index (χ1v) is 13.8. The molecule has 2 aromatic carbocycles. The Hall–Kier alpha value is -3.26. The quantitative estimate of drug-likeness (QED) is 0.138. The maximum absolute atomic E-state index is 6.88. The molecule has 0 spiro atoms. The second-order valence-corrected chi connectivity index (χ2v) is 11.2. The molecule has 190 valence electrons. The van der Waals surface area contributed by atoms with Crippen LogP contribution in [0, 0.1) is 13.8 Å². The van der Waals surface area contributed by atoms with E-state index in [4.69, 9.17) is 20.5 Å². The molecule has 0 amide bonds. The van der Waals surface area contributed by atoms with Gasteiger partial charge in [-0.25, -0.2) is 19.7 Å². The van der Waals surface area contributed by atoms with Gasteiger partial charge in [-0.15, -0.1) is 11.3 Å². The average molecular weight is 513 g/mol. The van der Waals surface area contributed by atoms with E-state index < -0.39 is 0 Å². The van der Waals surface area contributed by atoms with Crippen LogP contribution in [0.15, 0.2) is 42.5 Å². The highest BCUT2D eigenvalue weighted by atomic mass is 32.1. The maximum atomic E-state index is 6.88. The van der Waals surface area contributed by atoms with Crippen molar-refractivity contribution in [2.75, 3.05) is 12.8 Å². The molecule has 1 aliphatic carbocycles. The van der Waals surface area contributed by atoms with E-state index in [9.17, 15) is 0 Å². The highest BCUT2D eigenvalue weighted by Crippen LogP contribution is 2.45. The molecule has 3 heterocycles. The van der Waals surface area contributed by atoms with E-state index in [1.807, 2.05) is 13.8 Å². The van der Waals surface area contributed by atoms with Gasteiger partial charge in [0.25, 0.3) is 0 Å². The lowest BCUT2D eigenvalue weighted by Crippen LogP contribution is -2.06. The number of hydrogen-bond donors (Lipinski definition) is 2. The lowest BCUT2D eigenvalue weighted by molar-refractivity contribution is -0.282. The molecule has 37 heavy (non-hydrogen) atoms. The van der Waals surface area contributed by atoms with Crippen LogP contribution in [-0.4, -0.2) is 22.1 Å². The summed E-state index contributed by atoms with van der Waals surface area (Å²) in [5.74, 6) is 0.520. The van der Waals surface area contributed by atoms with Gasteiger partial charge in [-0.1, -0.05) is 31.4 Å². The highest BCUT2D eigenvalue weighted by Gasteiger charge is 2.25. The maximum Gasteiger partial charge on any atom is 0.107 e. The zero-order valence-electron chi connectivity index (χ0n) is 21.6. The number of hydrogen-bond acceptors (Lipinski definition) is 6. The van der Waals surface area contributed by atoms with Crippen LogP contribution in [0.3, 0.4) is 0 Å². The molecule has 3 aromatic heterocycles. The lowest BCUT2D eigenvalue weighted by Gasteiger charge is -2.23. The van der Waals surface area contributed by atoms with Crippen LogP contribution in [0.1, 0.15) is 59.9 Å². The largest absolute Gasteiger partial charge is 0.398 e. The molecule has 6 nitrogen and oxygen atoms in total. The second kappa shape index (κ2) is 9.89. The Labute approximate surface area is 220 Å². The number of rotatable bonds is 6. The zero-order valence-corrected chi connectivity index (χ0v) is 22.4. The third-order valence-electron chi connectivity index (χ3n) is 7.58. The van der Waals surface area contributed by atoms with E-state index >= 15 is 0 Å². The number of thiazole rings is 1. The predicted molar refractivity (Wildman–Crippen MR) is 152 cm³/mol. The van der Waals surface area contributed by atoms with Crippen LogP contribution in [0.2, 0.25) is 0 Å². The van der Waals surface area contributed by atoms with Crippen LogP contribution in [0.25, 0.3) is 43.6 Å². The second-order valence-electron chi connectivity index (χ2n) is 9.99. The van der Waals surface area contributed by atoms with Gasteiger partial charge < -0.3 is 10.7 Å². The summed E-state index contributed by atoms with van der Waals surface area (Å²) < 4.78 is 0. The van der Waals surface area contributed by atoms with E-state index in [-0.39, 0.29) is 0 Å².